The largest absolute Gasteiger partial charge is 0.508 e. The van der Waals surface area contributed by atoms with E-state index < -0.39 is 0 Å². The summed E-state index contributed by atoms with van der Waals surface area (Å²) in [5, 5.41) is 9.68. The zero-order chi connectivity index (χ0) is 10.7. The van der Waals surface area contributed by atoms with Gasteiger partial charge in [-0.3, -0.25) is 0 Å². The van der Waals surface area contributed by atoms with E-state index in [4.69, 9.17) is 10.5 Å². The molecule has 0 saturated carbocycles. The smallest absolute Gasteiger partial charge is 0.122 e. The van der Waals surface area contributed by atoms with Crippen molar-refractivity contribution in [2.24, 2.45) is 5.73 Å². The van der Waals surface area contributed by atoms with Crippen LogP contribution in [-0.4, -0.2) is 12.2 Å². The zero-order valence-corrected chi connectivity index (χ0v) is 8.87. The van der Waals surface area contributed by atoms with Crippen LogP contribution >= 0.6 is 0 Å². The second-order valence-corrected chi connectivity index (χ2v) is 3.40. The maximum atomic E-state index is 9.68. The Morgan fingerprint density at radius 2 is 2.14 bits per heavy atom. The molecule has 1 aromatic rings. The summed E-state index contributed by atoms with van der Waals surface area (Å²) in [5.74, 6) is 1.01. The lowest BCUT2D eigenvalue weighted by molar-refractivity contribution is 0.405. The number of aromatic hydroxyl groups is 1. The Bertz CT molecular complexity index is 323. The number of aryl methyl sites for hydroxylation is 1. The zero-order valence-electron chi connectivity index (χ0n) is 8.87. The van der Waals surface area contributed by atoms with Gasteiger partial charge in [0.25, 0.3) is 0 Å². The third-order valence-electron chi connectivity index (χ3n) is 2.38. The van der Waals surface area contributed by atoms with Gasteiger partial charge in [0.1, 0.15) is 11.5 Å². The minimum absolute atomic E-state index is 0.135. The van der Waals surface area contributed by atoms with Crippen molar-refractivity contribution in [3.8, 4) is 11.5 Å². The Labute approximate surface area is 84.5 Å². The number of phenols is 1. The van der Waals surface area contributed by atoms with Crippen LogP contribution in [0.3, 0.4) is 0 Å². The van der Waals surface area contributed by atoms with Crippen LogP contribution in [-0.2, 0) is 0 Å². The summed E-state index contributed by atoms with van der Waals surface area (Å²) in [4.78, 5) is 0. The number of hydrogen-bond acceptors (Lipinski definition) is 3. The molecule has 0 spiro atoms. The fraction of sp³-hybridized carbons (Fsp3) is 0.455. The summed E-state index contributed by atoms with van der Waals surface area (Å²) in [6.07, 6.45) is 0.791. The van der Waals surface area contributed by atoms with Crippen molar-refractivity contribution < 1.29 is 9.84 Å². The first-order valence-corrected chi connectivity index (χ1v) is 4.73. The molecule has 0 aliphatic carbocycles. The summed E-state index contributed by atoms with van der Waals surface area (Å²) >= 11 is 0. The van der Waals surface area contributed by atoms with Gasteiger partial charge in [0, 0.05) is 11.6 Å². The fourth-order valence-electron chi connectivity index (χ4n) is 1.43. The highest BCUT2D eigenvalue weighted by molar-refractivity contribution is 5.46. The van der Waals surface area contributed by atoms with Crippen LogP contribution in [0.15, 0.2) is 12.1 Å². The topological polar surface area (TPSA) is 55.5 Å². The monoisotopic (exact) mass is 195 g/mol. The molecule has 1 atom stereocenters. The van der Waals surface area contributed by atoms with Crippen molar-refractivity contribution >= 4 is 0 Å². The van der Waals surface area contributed by atoms with E-state index in [2.05, 4.69) is 0 Å². The van der Waals surface area contributed by atoms with Crippen LogP contribution in [0.5, 0.6) is 11.5 Å². The average Bonchev–Trinajstić information content (AvgIpc) is 2.17. The van der Waals surface area contributed by atoms with Crippen LogP contribution < -0.4 is 10.5 Å². The number of hydrogen-bond donors (Lipinski definition) is 2. The second kappa shape index (κ2) is 4.33. The van der Waals surface area contributed by atoms with Crippen molar-refractivity contribution in [2.45, 2.75) is 26.3 Å². The first-order chi connectivity index (χ1) is 6.60. The van der Waals surface area contributed by atoms with E-state index in [9.17, 15) is 5.11 Å². The van der Waals surface area contributed by atoms with E-state index in [-0.39, 0.29) is 11.8 Å². The van der Waals surface area contributed by atoms with Gasteiger partial charge >= 0.3 is 0 Å². The molecule has 0 aromatic heterocycles. The molecule has 0 aliphatic heterocycles. The number of rotatable bonds is 3. The van der Waals surface area contributed by atoms with Gasteiger partial charge < -0.3 is 15.6 Å². The SMILES string of the molecule is CC[C@@H](N)c1cc(OC)c(C)cc1O. The normalized spacial score (nSPS) is 12.6. The van der Waals surface area contributed by atoms with Gasteiger partial charge in [-0.05, 0) is 31.0 Å². The number of benzene rings is 1. The summed E-state index contributed by atoms with van der Waals surface area (Å²) in [7, 11) is 1.61. The van der Waals surface area contributed by atoms with Gasteiger partial charge in [-0.15, -0.1) is 0 Å². The second-order valence-electron chi connectivity index (χ2n) is 3.40. The van der Waals surface area contributed by atoms with Crippen LogP contribution in [0.1, 0.15) is 30.5 Å². The Morgan fingerprint density at radius 3 is 2.64 bits per heavy atom. The lowest BCUT2D eigenvalue weighted by Crippen LogP contribution is -2.09. The first-order valence-electron chi connectivity index (χ1n) is 4.73. The van der Waals surface area contributed by atoms with Crippen LogP contribution in [0.2, 0.25) is 0 Å². The standard InChI is InChI=1S/C11H17NO2/c1-4-9(12)8-6-11(14-3)7(2)5-10(8)13/h5-6,9,13H,4,12H2,1-3H3/t9-/m1/s1. The molecule has 0 unspecified atom stereocenters. The fourth-order valence-corrected chi connectivity index (χ4v) is 1.43. The summed E-state index contributed by atoms with van der Waals surface area (Å²) in [6.45, 7) is 3.87. The highest BCUT2D eigenvalue weighted by Crippen LogP contribution is 2.31. The molecule has 0 bridgehead atoms. The molecule has 0 heterocycles. The van der Waals surface area contributed by atoms with Crippen LogP contribution in [0, 0.1) is 6.92 Å². The highest BCUT2D eigenvalue weighted by atomic mass is 16.5. The van der Waals surface area contributed by atoms with Crippen molar-refractivity contribution in [3.05, 3.63) is 23.3 Å². The van der Waals surface area contributed by atoms with Crippen molar-refractivity contribution in [3.63, 3.8) is 0 Å². The van der Waals surface area contributed by atoms with Crippen LogP contribution in [0.25, 0.3) is 0 Å². The van der Waals surface area contributed by atoms with E-state index in [0.717, 1.165) is 23.3 Å². The minimum atomic E-state index is -0.135. The number of methoxy groups -OCH3 is 1. The van der Waals surface area contributed by atoms with Gasteiger partial charge in [-0.1, -0.05) is 6.92 Å². The first kappa shape index (κ1) is 10.9. The van der Waals surface area contributed by atoms with Gasteiger partial charge in [-0.2, -0.15) is 0 Å². The quantitative estimate of drug-likeness (QED) is 0.776. The van der Waals surface area contributed by atoms with Crippen molar-refractivity contribution in [1.29, 1.82) is 0 Å². The Balaban J connectivity index is 3.17. The van der Waals surface area contributed by atoms with Gasteiger partial charge in [0.2, 0.25) is 0 Å². The molecule has 1 aromatic carbocycles. The molecule has 0 aliphatic rings. The van der Waals surface area contributed by atoms with E-state index in [0.29, 0.717) is 0 Å². The molecule has 14 heavy (non-hydrogen) atoms. The molecule has 0 saturated heterocycles. The predicted octanol–water partition coefficient (Wildman–Crippen LogP) is 2.12. The van der Waals surface area contributed by atoms with E-state index in [1.54, 1.807) is 19.2 Å². The molecule has 0 radical (unpaired) electrons. The molecule has 3 nitrogen and oxygen atoms in total. The lowest BCUT2D eigenvalue weighted by Gasteiger charge is -2.14. The maximum absolute atomic E-state index is 9.68. The van der Waals surface area contributed by atoms with E-state index in [1.807, 2.05) is 13.8 Å². The predicted molar refractivity (Wildman–Crippen MR) is 56.6 cm³/mol. The number of ether oxygens (including phenoxy) is 1. The van der Waals surface area contributed by atoms with E-state index in [1.165, 1.54) is 0 Å². The van der Waals surface area contributed by atoms with Crippen LogP contribution in [0.4, 0.5) is 0 Å². The average molecular weight is 195 g/mol. The van der Waals surface area contributed by atoms with Crippen molar-refractivity contribution in [1.82, 2.24) is 0 Å². The Hall–Kier alpha value is -1.22. The number of nitrogens with two attached hydrogens (primary N) is 1. The summed E-state index contributed by atoms with van der Waals surface area (Å²) in [5.41, 5.74) is 7.51. The molecule has 0 amide bonds. The highest BCUT2D eigenvalue weighted by Gasteiger charge is 2.12. The lowest BCUT2D eigenvalue weighted by atomic mass is 10.0. The third-order valence-corrected chi connectivity index (χ3v) is 2.38. The molecular weight excluding hydrogens is 178 g/mol. The summed E-state index contributed by atoms with van der Waals surface area (Å²) in [6, 6.07) is 3.35. The molecule has 0 fully saturated rings. The minimum Gasteiger partial charge on any atom is -0.508 e. The molecule has 3 N–H and O–H groups in total. The molecule has 3 heteroatoms. The van der Waals surface area contributed by atoms with Gasteiger partial charge in [0.15, 0.2) is 0 Å². The maximum Gasteiger partial charge on any atom is 0.122 e. The van der Waals surface area contributed by atoms with Gasteiger partial charge in [-0.25, -0.2) is 0 Å². The Kier molecular flexibility index (Phi) is 3.36. The van der Waals surface area contributed by atoms with Crippen molar-refractivity contribution in [2.75, 3.05) is 7.11 Å². The molecule has 78 valence electrons. The molecule has 1 rings (SSSR count). The Morgan fingerprint density at radius 1 is 1.50 bits per heavy atom. The number of phenolic OH excluding ortho intramolecular Hbond substituents is 1. The third kappa shape index (κ3) is 1.99. The van der Waals surface area contributed by atoms with E-state index >= 15 is 0 Å². The molecular formula is C11H17NO2. The van der Waals surface area contributed by atoms with Gasteiger partial charge in [0.05, 0.1) is 7.11 Å². The summed E-state index contributed by atoms with van der Waals surface area (Å²) < 4.78 is 5.17.